The highest BCUT2D eigenvalue weighted by molar-refractivity contribution is 6.63. The molecule has 0 N–H and O–H groups in total. The normalized spacial score (nSPS) is 10.4. The van der Waals surface area contributed by atoms with Crippen LogP contribution in [0, 0.1) is 0 Å². The lowest BCUT2D eigenvalue weighted by molar-refractivity contribution is -0.111. The molecule has 0 aliphatic rings. The predicted molar refractivity (Wildman–Crippen MR) is 80.7 cm³/mol. The standard InChI is InChI=1S/C16H14Cl2O/c17-15-10-4-8-13(12-6-2-1-3-7-12)14(15)9-5-11-16(18)19/h1-4,6-8,10H,5,9,11H2. The molecule has 0 amide bonds. The van der Waals surface area contributed by atoms with Gasteiger partial charge >= 0.3 is 0 Å². The zero-order chi connectivity index (χ0) is 13.7. The Morgan fingerprint density at radius 3 is 2.42 bits per heavy atom. The van der Waals surface area contributed by atoms with Crippen molar-refractivity contribution < 1.29 is 4.79 Å². The van der Waals surface area contributed by atoms with Crippen molar-refractivity contribution in [3.8, 4) is 11.1 Å². The van der Waals surface area contributed by atoms with Crippen molar-refractivity contribution >= 4 is 28.4 Å². The molecule has 98 valence electrons. The van der Waals surface area contributed by atoms with Crippen LogP contribution in [0.3, 0.4) is 0 Å². The van der Waals surface area contributed by atoms with E-state index in [1.807, 2.05) is 30.3 Å². The highest BCUT2D eigenvalue weighted by atomic mass is 35.5. The number of carbonyl (C=O) groups excluding carboxylic acids is 1. The van der Waals surface area contributed by atoms with Crippen LogP contribution in [0.4, 0.5) is 0 Å². The first-order valence-electron chi connectivity index (χ1n) is 6.19. The molecular formula is C16H14Cl2O. The smallest absolute Gasteiger partial charge is 0.221 e. The number of carbonyl (C=O) groups is 1. The van der Waals surface area contributed by atoms with Gasteiger partial charge in [0.1, 0.15) is 0 Å². The third kappa shape index (κ3) is 3.82. The largest absolute Gasteiger partial charge is 0.281 e. The van der Waals surface area contributed by atoms with Gasteiger partial charge < -0.3 is 0 Å². The molecule has 0 bridgehead atoms. The Labute approximate surface area is 123 Å². The highest BCUT2D eigenvalue weighted by Crippen LogP contribution is 2.30. The van der Waals surface area contributed by atoms with Crippen molar-refractivity contribution in [2.24, 2.45) is 0 Å². The quantitative estimate of drug-likeness (QED) is 0.701. The predicted octanol–water partition coefficient (Wildman–Crippen LogP) is 5.10. The van der Waals surface area contributed by atoms with Crippen molar-refractivity contribution in [3.05, 3.63) is 59.1 Å². The van der Waals surface area contributed by atoms with E-state index in [-0.39, 0.29) is 5.24 Å². The zero-order valence-electron chi connectivity index (χ0n) is 10.4. The van der Waals surface area contributed by atoms with E-state index in [1.165, 1.54) is 0 Å². The van der Waals surface area contributed by atoms with Crippen LogP contribution in [0.25, 0.3) is 11.1 Å². The summed E-state index contributed by atoms with van der Waals surface area (Å²) < 4.78 is 0. The van der Waals surface area contributed by atoms with Gasteiger partial charge in [-0.3, -0.25) is 4.79 Å². The van der Waals surface area contributed by atoms with Gasteiger partial charge in [0.2, 0.25) is 5.24 Å². The number of rotatable bonds is 5. The van der Waals surface area contributed by atoms with Crippen LogP contribution in [0.5, 0.6) is 0 Å². The van der Waals surface area contributed by atoms with Crippen LogP contribution >= 0.6 is 23.2 Å². The molecule has 0 aliphatic carbocycles. The molecule has 0 unspecified atom stereocenters. The average molecular weight is 293 g/mol. The second-order valence-electron chi connectivity index (χ2n) is 4.34. The van der Waals surface area contributed by atoms with Gasteiger partial charge in [-0.15, -0.1) is 0 Å². The van der Waals surface area contributed by atoms with Crippen molar-refractivity contribution in [3.63, 3.8) is 0 Å². The molecule has 0 heterocycles. The highest BCUT2D eigenvalue weighted by Gasteiger charge is 2.09. The van der Waals surface area contributed by atoms with Gasteiger partial charge in [0.05, 0.1) is 0 Å². The lowest BCUT2D eigenvalue weighted by Gasteiger charge is -2.11. The van der Waals surface area contributed by atoms with Gasteiger partial charge in [-0.05, 0) is 47.2 Å². The maximum Gasteiger partial charge on any atom is 0.221 e. The first kappa shape index (κ1) is 14.1. The van der Waals surface area contributed by atoms with E-state index in [4.69, 9.17) is 23.2 Å². The molecule has 0 aromatic heterocycles. The Hall–Kier alpha value is -1.31. The molecule has 0 saturated heterocycles. The zero-order valence-corrected chi connectivity index (χ0v) is 11.9. The molecular weight excluding hydrogens is 279 g/mol. The first-order valence-corrected chi connectivity index (χ1v) is 6.95. The molecule has 0 spiro atoms. The molecule has 1 nitrogen and oxygen atoms in total. The second kappa shape index (κ2) is 6.74. The summed E-state index contributed by atoms with van der Waals surface area (Å²) in [6.07, 6.45) is 1.84. The lowest BCUT2D eigenvalue weighted by atomic mass is 9.96. The summed E-state index contributed by atoms with van der Waals surface area (Å²) in [5, 5.41) is 0.441. The molecule has 0 atom stereocenters. The maximum atomic E-state index is 10.8. The Bertz CT molecular complexity index is 564. The second-order valence-corrected chi connectivity index (χ2v) is 5.17. The molecule has 3 heteroatoms. The van der Waals surface area contributed by atoms with Crippen LogP contribution in [0.1, 0.15) is 18.4 Å². The Balaban J connectivity index is 2.29. The molecule has 0 fully saturated rings. The molecule has 2 aromatic rings. The fourth-order valence-corrected chi connectivity index (χ4v) is 2.51. The fourth-order valence-electron chi connectivity index (χ4n) is 2.11. The molecule has 19 heavy (non-hydrogen) atoms. The minimum atomic E-state index is -0.298. The number of benzene rings is 2. The molecule has 2 aromatic carbocycles. The van der Waals surface area contributed by atoms with Crippen molar-refractivity contribution in [2.45, 2.75) is 19.3 Å². The van der Waals surface area contributed by atoms with Gasteiger partial charge in [-0.25, -0.2) is 0 Å². The lowest BCUT2D eigenvalue weighted by Crippen LogP contribution is -1.94. The summed E-state index contributed by atoms with van der Waals surface area (Å²) in [6.45, 7) is 0. The third-order valence-corrected chi connectivity index (χ3v) is 3.55. The summed E-state index contributed by atoms with van der Waals surface area (Å²) >= 11 is 11.6. The molecule has 0 aliphatic heterocycles. The average Bonchev–Trinajstić information content (AvgIpc) is 2.41. The summed E-state index contributed by atoms with van der Waals surface area (Å²) in [5.41, 5.74) is 3.33. The summed E-state index contributed by atoms with van der Waals surface area (Å²) in [4.78, 5) is 10.8. The summed E-state index contributed by atoms with van der Waals surface area (Å²) in [7, 11) is 0. The van der Waals surface area contributed by atoms with E-state index in [2.05, 4.69) is 18.2 Å². The topological polar surface area (TPSA) is 17.1 Å². The van der Waals surface area contributed by atoms with E-state index in [1.54, 1.807) is 0 Å². The summed E-state index contributed by atoms with van der Waals surface area (Å²) in [5.74, 6) is 0. The van der Waals surface area contributed by atoms with E-state index < -0.39 is 0 Å². The number of hydrogen-bond donors (Lipinski definition) is 0. The molecule has 0 saturated carbocycles. The van der Waals surface area contributed by atoms with E-state index >= 15 is 0 Å². The van der Waals surface area contributed by atoms with Crippen molar-refractivity contribution in [2.75, 3.05) is 0 Å². The summed E-state index contributed by atoms with van der Waals surface area (Å²) in [6, 6.07) is 16.0. The van der Waals surface area contributed by atoms with Gasteiger partial charge in [0.15, 0.2) is 0 Å². The Morgan fingerprint density at radius 1 is 1.00 bits per heavy atom. The Morgan fingerprint density at radius 2 is 1.74 bits per heavy atom. The monoisotopic (exact) mass is 292 g/mol. The van der Waals surface area contributed by atoms with E-state index in [0.717, 1.165) is 28.1 Å². The minimum absolute atomic E-state index is 0.298. The van der Waals surface area contributed by atoms with Gasteiger partial charge in [0, 0.05) is 11.4 Å². The van der Waals surface area contributed by atoms with Gasteiger partial charge in [-0.1, -0.05) is 54.1 Å². The van der Waals surface area contributed by atoms with Crippen molar-refractivity contribution in [1.29, 1.82) is 0 Å². The Kier molecular flexibility index (Phi) is 5.00. The van der Waals surface area contributed by atoms with E-state index in [9.17, 15) is 4.79 Å². The van der Waals surface area contributed by atoms with Crippen LogP contribution in [-0.2, 0) is 11.2 Å². The SMILES string of the molecule is O=C(Cl)CCCc1c(Cl)cccc1-c1ccccc1. The van der Waals surface area contributed by atoms with E-state index in [0.29, 0.717) is 12.8 Å². The van der Waals surface area contributed by atoms with Crippen molar-refractivity contribution in [1.82, 2.24) is 0 Å². The van der Waals surface area contributed by atoms with Gasteiger partial charge in [0.25, 0.3) is 0 Å². The minimum Gasteiger partial charge on any atom is -0.281 e. The van der Waals surface area contributed by atoms with Crippen LogP contribution in [-0.4, -0.2) is 5.24 Å². The molecule has 2 rings (SSSR count). The number of halogens is 2. The first-order chi connectivity index (χ1) is 9.18. The van der Waals surface area contributed by atoms with Crippen LogP contribution < -0.4 is 0 Å². The fraction of sp³-hybridized carbons (Fsp3) is 0.188. The maximum absolute atomic E-state index is 10.8. The number of hydrogen-bond acceptors (Lipinski definition) is 1. The third-order valence-electron chi connectivity index (χ3n) is 3.00. The van der Waals surface area contributed by atoms with Crippen LogP contribution in [0.15, 0.2) is 48.5 Å². The molecule has 0 radical (unpaired) electrons. The van der Waals surface area contributed by atoms with Crippen LogP contribution in [0.2, 0.25) is 5.02 Å². The van der Waals surface area contributed by atoms with Gasteiger partial charge in [-0.2, -0.15) is 0 Å².